The van der Waals surface area contributed by atoms with E-state index in [-0.39, 0.29) is 5.91 Å². The smallest absolute Gasteiger partial charge is 0.220 e. The number of rotatable bonds is 1. The van der Waals surface area contributed by atoms with E-state index >= 15 is 0 Å². The molecule has 4 heteroatoms. The zero-order valence-corrected chi connectivity index (χ0v) is 6.62. The molecule has 1 heterocycles. The summed E-state index contributed by atoms with van der Waals surface area (Å²) in [6.07, 6.45) is 0.640. The van der Waals surface area contributed by atoms with Crippen LogP contribution in [0, 0.1) is 0 Å². The second-order valence-corrected chi connectivity index (χ2v) is 3.69. The highest BCUT2D eigenvalue weighted by molar-refractivity contribution is 8.00. The molecule has 0 radical (unpaired) electrons. The Balaban J connectivity index is 2.33. The van der Waals surface area contributed by atoms with Crippen molar-refractivity contribution in [2.75, 3.05) is 18.8 Å². The minimum absolute atomic E-state index is 0.156. The standard InChI is InChI=1S/C6H12N2OS/c7-3-5-4-8-6(9)1-2-10-5/h5H,1-4,7H2,(H,8,9). The predicted octanol–water partition coefficient (Wildman–Crippen LogP) is -0.433. The van der Waals surface area contributed by atoms with Crippen molar-refractivity contribution in [1.29, 1.82) is 0 Å². The molecule has 1 fully saturated rings. The van der Waals surface area contributed by atoms with Gasteiger partial charge in [0.05, 0.1) is 0 Å². The Morgan fingerprint density at radius 1 is 1.80 bits per heavy atom. The van der Waals surface area contributed by atoms with Gasteiger partial charge in [0.2, 0.25) is 5.91 Å². The average Bonchev–Trinajstić information content (AvgIpc) is 2.14. The Hall–Kier alpha value is -0.220. The fraction of sp³-hybridized carbons (Fsp3) is 0.833. The van der Waals surface area contributed by atoms with Crippen molar-refractivity contribution in [2.24, 2.45) is 5.73 Å². The summed E-state index contributed by atoms with van der Waals surface area (Å²) in [5.41, 5.74) is 5.45. The fourth-order valence-electron chi connectivity index (χ4n) is 0.845. The summed E-state index contributed by atoms with van der Waals surface area (Å²) >= 11 is 1.78. The van der Waals surface area contributed by atoms with E-state index < -0.39 is 0 Å². The van der Waals surface area contributed by atoms with E-state index in [2.05, 4.69) is 5.32 Å². The fourth-order valence-corrected chi connectivity index (χ4v) is 1.82. The summed E-state index contributed by atoms with van der Waals surface area (Å²) in [5, 5.41) is 3.23. The quantitative estimate of drug-likeness (QED) is 0.547. The minimum Gasteiger partial charge on any atom is -0.355 e. The lowest BCUT2D eigenvalue weighted by molar-refractivity contribution is -0.120. The van der Waals surface area contributed by atoms with Crippen molar-refractivity contribution in [1.82, 2.24) is 5.32 Å². The third-order valence-corrected chi connectivity index (χ3v) is 2.74. The summed E-state index contributed by atoms with van der Waals surface area (Å²) < 4.78 is 0. The zero-order valence-electron chi connectivity index (χ0n) is 5.80. The number of amides is 1. The molecule has 0 bridgehead atoms. The van der Waals surface area contributed by atoms with Gasteiger partial charge in [-0.2, -0.15) is 11.8 Å². The van der Waals surface area contributed by atoms with Gasteiger partial charge in [0.1, 0.15) is 0 Å². The number of hydrogen-bond donors (Lipinski definition) is 2. The molecule has 0 spiro atoms. The van der Waals surface area contributed by atoms with E-state index in [0.717, 1.165) is 12.3 Å². The van der Waals surface area contributed by atoms with Gasteiger partial charge in [-0.05, 0) is 0 Å². The van der Waals surface area contributed by atoms with E-state index in [1.807, 2.05) is 0 Å². The first-order chi connectivity index (χ1) is 4.83. The van der Waals surface area contributed by atoms with Gasteiger partial charge >= 0.3 is 0 Å². The summed E-state index contributed by atoms with van der Waals surface area (Å²) in [7, 11) is 0. The first-order valence-electron chi connectivity index (χ1n) is 3.41. The van der Waals surface area contributed by atoms with Gasteiger partial charge in [0.15, 0.2) is 0 Å². The molecule has 1 atom stereocenters. The van der Waals surface area contributed by atoms with Crippen molar-refractivity contribution in [3.63, 3.8) is 0 Å². The highest BCUT2D eigenvalue weighted by Crippen LogP contribution is 2.12. The SMILES string of the molecule is NCC1CNC(=O)CCS1. The first kappa shape index (κ1) is 7.88. The molecule has 3 nitrogen and oxygen atoms in total. The van der Waals surface area contributed by atoms with Crippen molar-refractivity contribution in [2.45, 2.75) is 11.7 Å². The first-order valence-corrected chi connectivity index (χ1v) is 4.46. The molecular weight excluding hydrogens is 148 g/mol. The summed E-state index contributed by atoms with van der Waals surface area (Å²) in [5.74, 6) is 1.07. The Kier molecular flexibility index (Phi) is 3.02. The predicted molar refractivity (Wildman–Crippen MR) is 42.9 cm³/mol. The lowest BCUT2D eigenvalue weighted by Gasteiger charge is -2.08. The molecule has 3 N–H and O–H groups in total. The third-order valence-electron chi connectivity index (χ3n) is 1.47. The molecule has 10 heavy (non-hydrogen) atoms. The van der Waals surface area contributed by atoms with Crippen molar-refractivity contribution in [3.8, 4) is 0 Å². The molecule has 58 valence electrons. The summed E-state index contributed by atoms with van der Waals surface area (Å²) in [4.78, 5) is 10.8. The van der Waals surface area contributed by atoms with Crippen LogP contribution in [-0.4, -0.2) is 30.0 Å². The topological polar surface area (TPSA) is 55.1 Å². The van der Waals surface area contributed by atoms with Gasteiger partial charge < -0.3 is 11.1 Å². The lowest BCUT2D eigenvalue weighted by Crippen LogP contribution is -2.31. The molecule has 0 aromatic rings. The van der Waals surface area contributed by atoms with Crippen LogP contribution in [0.15, 0.2) is 0 Å². The van der Waals surface area contributed by atoms with Gasteiger partial charge in [-0.25, -0.2) is 0 Å². The van der Waals surface area contributed by atoms with Crippen LogP contribution in [0.3, 0.4) is 0 Å². The molecular formula is C6H12N2OS. The van der Waals surface area contributed by atoms with Crippen LogP contribution in [0.25, 0.3) is 0 Å². The number of nitrogens with two attached hydrogens (primary N) is 1. The third kappa shape index (κ3) is 2.19. The molecule has 1 saturated heterocycles. The Morgan fingerprint density at radius 2 is 2.60 bits per heavy atom. The largest absolute Gasteiger partial charge is 0.355 e. The number of carbonyl (C=O) groups is 1. The lowest BCUT2D eigenvalue weighted by atomic mass is 10.4. The Labute approximate surface area is 64.7 Å². The van der Waals surface area contributed by atoms with E-state index in [9.17, 15) is 4.79 Å². The maximum absolute atomic E-state index is 10.8. The molecule has 1 aliphatic rings. The molecule has 0 aromatic carbocycles. The van der Waals surface area contributed by atoms with Gasteiger partial charge in [-0.15, -0.1) is 0 Å². The number of thioether (sulfide) groups is 1. The second kappa shape index (κ2) is 3.83. The molecule has 0 saturated carbocycles. The summed E-state index contributed by atoms with van der Waals surface area (Å²) in [6.45, 7) is 1.39. The maximum atomic E-state index is 10.8. The minimum atomic E-state index is 0.156. The van der Waals surface area contributed by atoms with Crippen LogP contribution in [0.1, 0.15) is 6.42 Å². The summed E-state index contributed by atoms with van der Waals surface area (Å²) in [6, 6.07) is 0. The van der Waals surface area contributed by atoms with E-state index in [4.69, 9.17) is 5.73 Å². The van der Waals surface area contributed by atoms with Gasteiger partial charge in [-0.3, -0.25) is 4.79 Å². The Morgan fingerprint density at radius 3 is 3.30 bits per heavy atom. The van der Waals surface area contributed by atoms with Crippen LogP contribution in [-0.2, 0) is 4.79 Å². The van der Waals surface area contributed by atoms with E-state index in [1.165, 1.54) is 0 Å². The Bertz CT molecular complexity index is 129. The van der Waals surface area contributed by atoms with E-state index in [1.54, 1.807) is 11.8 Å². The van der Waals surface area contributed by atoms with Crippen LogP contribution in [0.4, 0.5) is 0 Å². The average molecular weight is 160 g/mol. The molecule has 0 aliphatic carbocycles. The number of nitrogens with one attached hydrogen (secondary N) is 1. The molecule has 1 unspecified atom stereocenters. The zero-order chi connectivity index (χ0) is 7.40. The van der Waals surface area contributed by atoms with Crippen LogP contribution < -0.4 is 11.1 Å². The number of carbonyl (C=O) groups excluding carboxylic acids is 1. The highest BCUT2D eigenvalue weighted by Gasteiger charge is 2.13. The van der Waals surface area contributed by atoms with Crippen LogP contribution in [0.5, 0.6) is 0 Å². The van der Waals surface area contributed by atoms with Gasteiger partial charge in [0, 0.05) is 30.5 Å². The molecule has 0 aromatic heterocycles. The normalized spacial score (nSPS) is 27.3. The van der Waals surface area contributed by atoms with Crippen LogP contribution in [0.2, 0.25) is 0 Å². The molecule has 1 rings (SSSR count). The monoisotopic (exact) mass is 160 g/mol. The highest BCUT2D eigenvalue weighted by atomic mass is 32.2. The second-order valence-electron chi connectivity index (χ2n) is 2.28. The molecule has 1 amide bonds. The number of hydrogen-bond acceptors (Lipinski definition) is 3. The maximum Gasteiger partial charge on any atom is 0.220 e. The van der Waals surface area contributed by atoms with Gasteiger partial charge in [-0.1, -0.05) is 0 Å². The van der Waals surface area contributed by atoms with Crippen molar-refractivity contribution < 1.29 is 4.79 Å². The molecule has 1 aliphatic heterocycles. The van der Waals surface area contributed by atoms with Crippen LogP contribution >= 0.6 is 11.8 Å². The van der Waals surface area contributed by atoms with Crippen molar-refractivity contribution in [3.05, 3.63) is 0 Å². The van der Waals surface area contributed by atoms with Crippen molar-refractivity contribution >= 4 is 17.7 Å². The van der Waals surface area contributed by atoms with Gasteiger partial charge in [0.25, 0.3) is 0 Å². The van der Waals surface area contributed by atoms with E-state index in [0.29, 0.717) is 18.2 Å².